The van der Waals surface area contributed by atoms with Gasteiger partial charge in [-0.15, -0.1) is 24.0 Å². The van der Waals surface area contributed by atoms with E-state index >= 15 is 0 Å². The maximum atomic E-state index is 12.1. The number of benzene rings is 1. The van der Waals surface area contributed by atoms with E-state index < -0.39 is 0 Å². The Labute approximate surface area is 205 Å². The first-order valence-corrected chi connectivity index (χ1v) is 11.2. The number of halogens is 1. The molecule has 0 unspecified atom stereocenters. The number of rotatable bonds is 9. The number of likely N-dealkylation sites (N-methyl/N-ethyl adjacent to an activating group) is 1. The van der Waals surface area contributed by atoms with Crippen LogP contribution in [0, 0.1) is 0 Å². The van der Waals surface area contributed by atoms with Gasteiger partial charge in [-0.3, -0.25) is 9.79 Å². The van der Waals surface area contributed by atoms with Crippen LogP contribution < -0.4 is 10.6 Å². The average molecular weight is 545 g/mol. The van der Waals surface area contributed by atoms with Crippen LogP contribution in [0.1, 0.15) is 35.7 Å². The molecule has 0 spiro atoms. The highest BCUT2D eigenvalue weighted by atomic mass is 127. The molecule has 1 aromatic rings. The van der Waals surface area contributed by atoms with Crippen molar-refractivity contribution >= 4 is 35.8 Å². The molecule has 0 atom stereocenters. The second-order valence-corrected chi connectivity index (χ2v) is 8.19. The zero-order valence-corrected chi connectivity index (χ0v) is 22.0. The molecule has 7 nitrogen and oxygen atoms in total. The van der Waals surface area contributed by atoms with Gasteiger partial charge in [0.25, 0.3) is 5.91 Å². The van der Waals surface area contributed by atoms with E-state index in [1.54, 1.807) is 19.0 Å². The van der Waals surface area contributed by atoms with Gasteiger partial charge in [-0.1, -0.05) is 12.1 Å². The number of hydrogen-bond acceptors (Lipinski definition) is 4. The molecule has 176 valence electrons. The molecule has 31 heavy (non-hydrogen) atoms. The summed E-state index contributed by atoms with van der Waals surface area (Å²) in [5, 5.41) is 6.74. The summed E-state index contributed by atoms with van der Waals surface area (Å²) in [6.45, 7) is 10.4. The Morgan fingerprint density at radius 1 is 1.16 bits per heavy atom. The number of guanidine groups is 1. The molecule has 1 aliphatic heterocycles. The quantitative estimate of drug-likeness (QED) is 0.216. The van der Waals surface area contributed by atoms with Crippen molar-refractivity contribution in [2.75, 3.05) is 73.5 Å². The van der Waals surface area contributed by atoms with Crippen molar-refractivity contribution in [2.45, 2.75) is 26.2 Å². The van der Waals surface area contributed by atoms with Crippen LogP contribution in [-0.4, -0.2) is 100 Å². The molecule has 2 N–H and O–H groups in total. The van der Waals surface area contributed by atoms with E-state index in [-0.39, 0.29) is 29.9 Å². The first-order valence-electron chi connectivity index (χ1n) is 11.2. The van der Waals surface area contributed by atoms with Gasteiger partial charge in [-0.25, -0.2) is 0 Å². The Morgan fingerprint density at radius 3 is 2.71 bits per heavy atom. The molecule has 1 aliphatic rings. The highest BCUT2D eigenvalue weighted by molar-refractivity contribution is 14.0. The second-order valence-electron chi connectivity index (χ2n) is 8.19. The number of carbonyl (C=O) groups excluding carboxylic acids is 1. The lowest BCUT2D eigenvalue weighted by atomic mass is 10.1. The van der Waals surface area contributed by atoms with Crippen LogP contribution >= 0.6 is 24.0 Å². The van der Waals surface area contributed by atoms with Gasteiger partial charge < -0.3 is 25.3 Å². The van der Waals surface area contributed by atoms with Crippen LogP contribution in [0.3, 0.4) is 0 Å². The van der Waals surface area contributed by atoms with E-state index in [1.165, 1.54) is 19.5 Å². The summed E-state index contributed by atoms with van der Waals surface area (Å²) in [6, 6.07) is 7.86. The van der Waals surface area contributed by atoms with Crippen molar-refractivity contribution < 1.29 is 4.79 Å². The summed E-state index contributed by atoms with van der Waals surface area (Å²) in [5.74, 6) is 0.907. The first-order chi connectivity index (χ1) is 14.5. The zero-order chi connectivity index (χ0) is 21.8. The summed E-state index contributed by atoms with van der Waals surface area (Å²) >= 11 is 0. The van der Waals surface area contributed by atoms with Crippen molar-refractivity contribution in [1.29, 1.82) is 0 Å². The Morgan fingerprint density at radius 2 is 1.97 bits per heavy atom. The summed E-state index contributed by atoms with van der Waals surface area (Å²) < 4.78 is 0. The number of hydrogen-bond donors (Lipinski definition) is 2. The molecule has 8 heteroatoms. The van der Waals surface area contributed by atoms with Crippen molar-refractivity contribution in [3.8, 4) is 0 Å². The van der Waals surface area contributed by atoms with Gasteiger partial charge in [0.1, 0.15) is 0 Å². The molecular weight excluding hydrogens is 503 g/mol. The van der Waals surface area contributed by atoms with Crippen molar-refractivity contribution in [2.24, 2.45) is 4.99 Å². The SMILES string of the molecule is CCNC(=NCCCN1CCCN(C)CC1)NCCc1cccc(C(=O)N(C)C)c1.I. The lowest BCUT2D eigenvalue weighted by Crippen LogP contribution is -2.38. The predicted molar refractivity (Wildman–Crippen MR) is 141 cm³/mol. The van der Waals surface area contributed by atoms with E-state index in [0.717, 1.165) is 69.2 Å². The van der Waals surface area contributed by atoms with Gasteiger partial charge in [-0.2, -0.15) is 0 Å². The lowest BCUT2D eigenvalue weighted by molar-refractivity contribution is 0.0827. The molecule has 0 bridgehead atoms. The molecular formula is C23H41IN6O. The van der Waals surface area contributed by atoms with E-state index in [9.17, 15) is 4.79 Å². The molecule has 0 aliphatic carbocycles. The third kappa shape index (κ3) is 10.7. The molecule has 1 saturated heterocycles. The van der Waals surface area contributed by atoms with Crippen molar-refractivity contribution in [3.63, 3.8) is 0 Å². The molecule has 0 saturated carbocycles. The number of amides is 1. The van der Waals surface area contributed by atoms with Crippen LogP contribution in [0.25, 0.3) is 0 Å². The Kier molecular flexibility index (Phi) is 13.7. The first kappa shape index (κ1) is 27.6. The van der Waals surface area contributed by atoms with Crippen LogP contribution in [0.5, 0.6) is 0 Å². The van der Waals surface area contributed by atoms with Gasteiger partial charge in [0, 0.05) is 52.4 Å². The smallest absolute Gasteiger partial charge is 0.253 e. The summed E-state index contributed by atoms with van der Waals surface area (Å²) in [7, 11) is 5.76. The molecule has 1 fully saturated rings. The van der Waals surface area contributed by atoms with E-state index in [0.29, 0.717) is 0 Å². The van der Waals surface area contributed by atoms with Gasteiger partial charge in [-0.05, 0) is 70.6 Å². The van der Waals surface area contributed by atoms with Gasteiger partial charge in [0.15, 0.2) is 5.96 Å². The Balaban J connectivity index is 0.00000480. The van der Waals surface area contributed by atoms with Crippen LogP contribution in [-0.2, 0) is 6.42 Å². The minimum atomic E-state index is 0. The van der Waals surface area contributed by atoms with Gasteiger partial charge >= 0.3 is 0 Å². The number of nitrogens with one attached hydrogen (secondary N) is 2. The second kappa shape index (κ2) is 15.4. The third-order valence-corrected chi connectivity index (χ3v) is 5.34. The Hall–Kier alpha value is -1.39. The van der Waals surface area contributed by atoms with Crippen LogP contribution in [0.2, 0.25) is 0 Å². The average Bonchev–Trinajstić information content (AvgIpc) is 2.94. The largest absolute Gasteiger partial charge is 0.357 e. The van der Waals surface area contributed by atoms with Crippen LogP contribution in [0.4, 0.5) is 0 Å². The minimum absolute atomic E-state index is 0. The lowest BCUT2D eigenvalue weighted by Gasteiger charge is -2.19. The number of nitrogens with zero attached hydrogens (tertiary/aromatic N) is 4. The van der Waals surface area contributed by atoms with E-state index in [2.05, 4.69) is 40.5 Å². The maximum absolute atomic E-state index is 12.1. The molecule has 0 radical (unpaired) electrons. The summed E-state index contributed by atoms with van der Waals surface area (Å²) in [6.07, 6.45) is 3.18. The van der Waals surface area contributed by atoms with Gasteiger partial charge in [0.05, 0.1) is 0 Å². The highest BCUT2D eigenvalue weighted by Crippen LogP contribution is 2.08. The summed E-state index contributed by atoms with van der Waals surface area (Å²) in [5.41, 5.74) is 1.88. The van der Waals surface area contributed by atoms with Crippen molar-refractivity contribution in [3.05, 3.63) is 35.4 Å². The fourth-order valence-electron chi connectivity index (χ4n) is 3.59. The monoisotopic (exact) mass is 544 g/mol. The van der Waals surface area contributed by atoms with E-state index in [1.807, 2.05) is 18.2 Å². The normalized spacial score (nSPS) is 15.7. The number of aliphatic imine (C=N–C) groups is 1. The topological polar surface area (TPSA) is 63.2 Å². The van der Waals surface area contributed by atoms with Crippen LogP contribution in [0.15, 0.2) is 29.3 Å². The fraction of sp³-hybridized carbons (Fsp3) is 0.652. The molecule has 1 heterocycles. The van der Waals surface area contributed by atoms with Gasteiger partial charge in [0.2, 0.25) is 0 Å². The molecule has 1 aromatic carbocycles. The highest BCUT2D eigenvalue weighted by Gasteiger charge is 2.11. The predicted octanol–water partition coefficient (Wildman–Crippen LogP) is 2.13. The summed E-state index contributed by atoms with van der Waals surface area (Å²) in [4.78, 5) is 23.4. The standard InChI is InChI=1S/C23H40N6O.HI/c1-5-24-23(25-12-7-15-29-16-8-14-28(4)17-18-29)26-13-11-20-9-6-10-21(19-20)22(30)27(2)3;/h6,9-10,19H,5,7-8,11-18H2,1-4H3,(H2,24,25,26);1H. The minimum Gasteiger partial charge on any atom is -0.357 e. The third-order valence-electron chi connectivity index (χ3n) is 5.34. The fourth-order valence-corrected chi connectivity index (χ4v) is 3.59. The van der Waals surface area contributed by atoms with Crippen molar-refractivity contribution in [1.82, 2.24) is 25.3 Å². The number of carbonyl (C=O) groups is 1. The molecule has 2 rings (SSSR count). The molecule has 1 amide bonds. The molecule has 0 aromatic heterocycles. The zero-order valence-electron chi connectivity index (χ0n) is 19.7. The van der Waals surface area contributed by atoms with E-state index in [4.69, 9.17) is 4.99 Å². The Bertz CT molecular complexity index is 682. The maximum Gasteiger partial charge on any atom is 0.253 e.